The Kier molecular flexibility index (Phi) is 7.96. The lowest BCUT2D eigenvalue weighted by atomic mass is 10.0. The number of hydrogen-bond donors (Lipinski definition) is 1. The van der Waals surface area contributed by atoms with Gasteiger partial charge in [0.2, 0.25) is 0 Å². The molecule has 0 radical (unpaired) electrons. The van der Waals surface area contributed by atoms with E-state index in [9.17, 15) is 9.90 Å². The van der Waals surface area contributed by atoms with Gasteiger partial charge in [-0.3, -0.25) is 4.79 Å². The fraction of sp³-hybridized carbons (Fsp3) is 0.333. The Balaban J connectivity index is 1.41. The summed E-state index contributed by atoms with van der Waals surface area (Å²) < 4.78 is 4.93. The van der Waals surface area contributed by atoms with Crippen LogP contribution in [-0.4, -0.2) is 22.7 Å². The van der Waals surface area contributed by atoms with E-state index in [1.165, 1.54) is 28.0 Å². The van der Waals surface area contributed by atoms with Crippen molar-refractivity contribution in [1.82, 2.24) is 4.98 Å². The molecule has 1 N–H and O–H groups in total. The van der Waals surface area contributed by atoms with Crippen LogP contribution in [0.5, 0.6) is 0 Å². The van der Waals surface area contributed by atoms with Crippen LogP contribution in [0.1, 0.15) is 48.6 Å². The molecular formula is C24H27NO3S. The number of carbonyl (C=O) groups is 1. The minimum absolute atomic E-state index is 0.163. The van der Waals surface area contributed by atoms with Crippen molar-refractivity contribution in [2.75, 3.05) is 6.61 Å². The summed E-state index contributed by atoms with van der Waals surface area (Å²) in [5.41, 5.74) is 4.44. The number of rotatable bonds is 10. The predicted octanol–water partition coefficient (Wildman–Crippen LogP) is 5.36. The molecule has 0 saturated carbocycles. The van der Waals surface area contributed by atoms with E-state index in [1.54, 1.807) is 6.92 Å². The smallest absolute Gasteiger partial charge is 0.311 e. The lowest BCUT2D eigenvalue weighted by Crippen LogP contribution is -2.08. The second-order valence-electron chi connectivity index (χ2n) is 6.98. The van der Waals surface area contributed by atoms with E-state index < -0.39 is 6.10 Å². The summed E-state index contributed by atoms with van der Waals surface area (Å²) in [4.78, 5) is 15.9. The van der Waals surface area contributed by atoms with Crippen LogP contribution in [0.25, 0.3) is 11.1 Å². The maximum Gasteiger partial charge on any atom is 0.311 e. The highest BCUT2D eigenvalue weighted by Gasteiger charge is 2.14. The molecular weight excluding hydrogens is 382 g/mol. The van der Waals surface area contributed by atoms with E-state index >= 15 is 0 Å². The first kappa shape index (κ1) is 21.2. The Morgan fingerprint density at radius 2 is 1.79 bits per heavy atom. The molecule has 0 spiro atoms. The summed E-state index contributed by atoms with van der Waals surface area (Å²) in [7, 11) is 0. The molecule has 1 heterocycles. The van der Waals surface area contributed by atoms with Gasteiger partial charge in [0.1, 0.15) is 11.1 Å². The van der Waals surface area contributed by atoms with Gasteiger partial charge in [-0.25, -0.2) is 4.98 Å². The van der Waals surface area contributed by atoms with Crippen LogP contribution in [0.3, 0.4) is 0 Å². The van der Waals surface area contributed by atoms with E-state index in [-0.39, 0.29) is 12.4 Å². The van der Waals surface area contributed by atoms with Crippen molar-refractivity contribution in [3.63, 3.8) is 0 Å². The molecule has 152 valence electrons. The number of ether oxygens (including phenoxy) is 1. The van der Waals surface area contributed by atoms with Gasteiger partial charge in [-0.2, -0.15) is 0 Å². The quantitative estimate of drug-likeness (QED) is 0.362. The minimum atomic E-state index is -0.573. The molecule has 4 nitrogen and oxygen atoms in total. The number of thiazole rings is 1. The van der Waals surface area contributed by atoms with E-state index in [2.05, 4.69) is 53.5 Å². The number of aliphatic hydroxyl groups excluding tert-OH is 1. The van der Waals surface area contributed by atoms with E-state index in [4.69, 9.17) is 4.74 Å². The number of unbranched alkanes of at least 4 members (excludes halogenated alkanes) is 1. The molecule has 1 aromatic heterocycles. The molecule has 0 aliphatic heterocycles. The predicted molar refractivity (Wildman–Crippen MR) is 117 cm³/mol. The van der Waals surface area contributed by atoms with Gasteiger partial charge < -0.3 is 9.84 Å². The second-order valence-corrected chi connectivity index (χ2v) is 7.87. The number of hydrogen-bond acceptors (Lipinski definition) is 5. The Labute approximate surface area is 176 Å². The summed E-state index contributed by atoms with van der Waals surface area (Å²) in [6.07, 6.45) is 3.20. The standard InChI is InChI=1S/C24H27NO3S/c1-2-28-23(27)16-21-17-29-24(25-21)22(26)11-7-6-8-18-12-14-20(15-13-18)19-9-4-3-5-10-19/h3-5,9-10,12-15,17,22,26H,2,6-8,11,16H2,1H3. The van der Waals surface area contributed by atoms with Gasteiger partial charge in [0.05, 0.1) is 18.7 Å². The zero-order valence-corrected chi connectivity index (χ0v) is 17.5. The molecule has 0 amide bonds. The van der Waals surface area contributed by atoms with Crippen LogP contribution < -0.4 is 0 Å². The zero-order chi connectivity index (χ0) is 20.5. The Morgan fingerprint density at radius 1 is 1.07 bits per heavy atom. The topological polar surface area (TPSA) is 59.4 Å². The van der Waals surface area contributed by atoms with Gasteiger partial charge in [0.15, 0.2) is 0 Å². The van der Waals surface area contributed by atoms with Crippen molar-refractivity contribution in [2.45, 2.75) is 45.1 Å². The van der Waals surface area contributed by atoms with Crippen LogP contribution in [0.15, 0.2) is 60.0 Å². The van der Waals surface area contributed by atoms with Crippen molar-refractivity contribution >= 4 is 17.3 Å². The van der Waals surface area contributed by atoms with Crippen molar-refractivity contribution in [3.8, 4) is 11.1 Å². The van der Waals surface area contributed by atoms with Gasteiger partial charge in [0.25, 0.3) is 0 Å². The second kappa shape index (κ2) is 10.9. The molecule has 0 bridgehead atoms. The van der Waals surface area contributed by atoms with Gasteiger partial charge in [-0.05, 0) is 42.9 Å². The summed E-state index contributed by atoms with van der Waals surface area (Å²) in [5.74, 6) is -0.280. The van der Waals surface area contributed by atoms with Gasteiger partial charge in [-0.1, -0.05) is 61.0 Å². The van der Waals surface area contributed by atoms with Crippen LogP contribution in [-0.2, 0) is 22.4 Å². The fourth-order valence-electron chi connectivity index (χ4n) is 3.20. The van der Waals surface area contributed by atoms with Crippen LogP contribution in [0.4, 0.5) is 0 Å². The summed E-state index contributed by atoms with van der Waals surface area (Å²) in [5, 5.41) is 12.9. The number of aromatic nitrogens is 1. The van der Waals surface area contributed by atoms with Gasteiger partial charge in [0, 0.05) is 5.38 Å². The first-order valence-electron chi connectivity index (χ1n) is 10.1. The number of nitrogens with zero attached hydrogens (tertiary/aromatic N) is 1. The highest BCUT2D eigenvalue weighted by molar-refractivity contribution is 7.09. The van der Waals surface area contributed by atoms with E-state index in [0.29, 0.717) is 23.7 Å². The Morgan fingerprint density at radius 3 is 2.52 bits per heavy atom. The monoisotopic (exact) mass is 409 g/mol. The average Bonchev–Trinajstić information content (AvgIpc) is 3.21. The SMILES string of the molecule is CCOC(=O)Cc1csc(C(O)CCCCc2ccc(-c3ccccc3)cc2)n1. The first-order valence-corrected chi connectivity index (χ1v) is 11.0. The molecule has 0 fully saturated rings. The highest BCUT2D eigenvalue weighted by Crippen LogP contribution is 2.24. The first-order chi connectivity index (χ1) is 14.2. The molecule has 5 heteroatoms. The number of esters is 1. The van der Waals surface area contributed by atoms with Gasteiger partial charge in [-0.15, -0.1) is 11.3 Å². The van der Waals surface area contributed by atoms with E-state index in [1.807, 2.05) is 11.4 Å². The van der Waals surface area contributed by atoms with Crippen molar-refractivity contribution < 1.29 is 14.6 Å². The normalized spacial score (nSPS) is 11.9. The molecule has 1 unspecified atom stereocenters. The van der Waals surface area contributed by atoms with Crippen LogP contribution in [0.2, 0.25) is 0 Å². The third kappa shape index (κ3) is 6.51. The Hall–Kier alpha value is -2.50. The number of benzene rings is 2. The maximum atomic E-state index is 11.5. The maximum absolute atomic E-state index is 11.5. The molecule has 0 aliphatic rings. The molecule has 3 aromatic rings. The van der Waals surface area contributed by atoms with Gasteiger partial charge >= 0.3 is 5.97 Å². The summed E-state index contributed by atoms with van der Waals surface area (Å²) >= 11 is 1.40. The number of aliphatic hydroxyl groups is 1. The van der Waals surface area contributed by atoms with Crippen LogP contribution in [0, 0.1) is 0 Å². The molecule has 3 rings (SSSR count). The number of carbonyl (C=O) groups excluding carboxylic acids is 1. The third-order valence-corrected chi connectivity index (χ3v) is 5.73. The Bertz CT molecular complexity index is 890. The molecule has 0 saturated heterocycles. The molecule has 29 heavy (non-hydrogen) atoms. The van der Waals surface area contributed by atoms with Crippen molar-refractivity contribution in [1.29, 1.82) is 0 Å². The lowest BCUT2D eigenvalue weighted by molar-refractivity contribution is -0.142. The lowest BCUT2D eigenvalue weighted by Gasteiger charge is -2.08. The summed E-state index contributed by atoms with van der Waals surface area (Å²) in [6.45, 7) is 2.15. The molecule has 0 aliphatic carbocycles. The van der Waals surface area contributed by atoms with Crippen molar-refractivity contribution in [3.05, 3.63) is 76.2 Å². The minimum Gasteiger partial charge on any atom is -0.466 e. The third-order valence-electron chi connectivity index (χ3n) is 4.74. The summed E-state index contributed by atoms with van der Waals surface area (Å²) in [6, 6.07) is 19.1. The molecule has 2 aromatic carbocycles. The van der Waals surface area contributed by atoms with E-state index in [0.717, 1.165) is 19.3 Å². The van der Waals surface area contributed by atoms with Crippen LogP contribution >= 0.6 is 11.3 Å². The number of aryl methyl sites for hydroxylation is 1. The zero-order valence-electron chi connectivity index (χ0n) is 16.7. The molecule has 1 atom stereocenters. The highest BCUT2D eigenvalue weighted by atomic mass is 32.1. The average molecular weight is 410 g/mol. The largest absolute Gasteiger partial charge is 0.466 e. The van der Waals surface area contributed by atoms with Crippen molar-refractivity contribution in [2.24, 2.45) is 0 Å². The fourth-order valence-corrected chi connectivity index (χ4v) is 4.04.